The molecule has 2 aliphatic rings. The van der Waals surface area contributed by atoms with Crippen molar-refractivity contribution in [1.82, 2.24) is 9.97 Å². The Hall–Kier alpha value is -2.75. The lowest BCUT2D eigenvalue weighted by Crippen LogP contribution is -2.46. The highest BCUT2D eigenvalue weighted by molar-refractivity contribution is 5.90. The number of carbonyl (C=O) groups is 1. The first-order chi connectivity index (χ1) is 13.3. The van der Waals surface area contributed by atoms with E-state index in [4.69, 9.17) is 14.7 Å². The molecule has 3 aromatic rings. The fourth-order valence-corrected chi connectivity index (χ4v) is 5.46. The summed E-state index contributed by atoms with van der Waals surface area (Å²) in [5.74, 6) is 0.637. The van der Waals surface area contributed by atoms with Gasteiger partial charge in [-0.15, -0.1) is 0 Å². The van der Waals surface area contributed by atoms with Gasteiger partial charge in [0.15, 0.2) is 0 Å². The normalized spacial score (nSPS) is 24.4. The molecule has 5 rings (SSSR count). The SMILES string of the molecule is Cc1cc(C)cc(OC(=O)C23CCC(c4nc5ccccc5nc42)C3(C)C)c1. The molecule has 0 radical (unpaired) electrons. The predicted octanol–water partition coefficient (Wildman–Crippen LogP) is 5.01. The van der Waals surface area contributed by atoms with Crippen LogP contribution in [0.2, 0.25) is 0 Å². The van der Waals surface area contributed by atoms with Gasteiger partial charge in [-0.2, -0.15) is 0 Å². The third-order valence-electron chi connectivity index (χ3n) is 6.87. The Morgan fingerprint density at radius 3 is 2.36 bits per heavy atom. The van der Waals surface area contributed by atoms with Crippen molar-refractivity contribution in [3.8, 4) is 5.75 Å². The van der Waals surface area contributed by atoms with Crippen LogP contribution >= 0.6 is 0 Å². The zero-order valence-corrected chi connectivity index (χ0v) is 16.7. The van der Waals surface area contributed by atoms with Crippen LogP contribution in [0.5, 0.6) is 5.75 Å². The van der Waals surface area contributed by atoms with E-state index in [9.17, 15) is 4.79 Å². The largest absolute Gasteiger partial charge is 0.426 e. The number of hydrogen-bond donors (Lipinski definition) is 0. The van der Waals surface area contributed by atoms with Crippen LogP contribution in [0.4, 0.5) is 0 Å². The monoisotopic (exact) mass is 372 g/mol. The van der Waals surface area contributed by atoms with Gasteiger partial charge in [0.25, 0.3) is 0 Å². The van der Waals surface area contributed by atoms with Crippen molar-refractivity contribution in [3.05, 3.63) is 65.0 Å². The van der Waals surface area contributed by atoms with Crippen LogP contribution in [0.25, 0.3) is 11.0 Å². The van der Waals surface area contributed by atoms with E-state index in [2.05, 4.69) is 19.9 Å². The van der Waals surface area contributed by atoms with E-state index in [0.717, 1.165) is 46.4 Å². The molecular weight excluding hydrogens is 348 g/mol. The third-order valence-corrected chi connectivity index (χ3v) is 6.87. The maximum absolute atomic E-state index is 13.6. The lowest BCUT2D eigenvalue weighted by Gasteiger charge is -2.35. The van der Waals surface area contributed by atoms with E-state index in [0.29, 0.717) is 5.75 Å². The molecule has 4 heteroatoms. The second kappa shape index (κ2) is 5.63. The summed E-state index contributed by atoms with van der Waals surface area (Å²) in [6.07, 6.45) is 1.70. The number of rotatable bonds is 2. The van der Waals surface area contributed by atoms with E-state index in [1.165, 1.54) is 0 Å². The van der Waals surface area contributed by atoms with Gasteiger partial charge in [0.2, 0.25) is 0 Å². The Labute approximate surface area is 165 Å². The summed E-state index contributed by atoms with van der Waals surface area (Å²) in [5.41, 5.74) is 4.67. The second-order valence-electron chi connectivity index (χ2n) is 8.88. The number of esters is 1. The first-order valence-electron chi connectivity index (χ1n) is 9.91. The zero-order chi connectivity index (χ0) is 19.7. The molecule has 0 spiro atoms. The molecule has 4 nitrogen and oxygen atoms in total. The van der Waals surface area contributed by atoms with Gasteiger partial charge in [-0.1, -0.05) is 32.0 Å². The van der Waals surface area contributed by atoms with E-state index < -0.39 is 5.41 Å². The van der Waals surface area contributed by atoms with Gasteiger partial charge in [0, 0.05) is 5.92 Å². The number of hydrogen-bond acceptors (Lipinski definition) is 4. The molecule has 2 aliphatic carbocycles. The molecule has 0 amide bonds. The van der Waals surface area contributed by atoms with Gasteiger partial charge in [-0.3, -0.25) is 4.79 Å². The van der Waals surface area contributed by atoms with Gasteiger partial charge in [0.05, 0.1) is 22.4 Å². The van der Waals surface area contributed by atoms with Crippen LogP contribution in [-0.2, 0) is 10.2 Å². The smallest absolute Gasteiger partial charge is 0.324 e. The summed E-state index contributed by atoms with van der Waals surface area (Å²) in [4.78, 5) is 23.5. The molecule has 0 N–H and O–H groups in total. The summed E-state index contributed by atoms with van der Waals surface area (Å²) < 4.78 is 5.98. The molecule has 1 aromatic heterocycles. The number of aryl methyl sites for hydroxylation is 2. The van der Waals surface area contributed by atoms with Crippen molar-refractivity contribution in [2.75, 3.05) is 0 Å². The Bertz CT molecular complexity index is 1110. The minimum Gasteiger partial charge on any atom is -0.426 e. The number of fused-ring (bicyclic) bond motifs is 6. The maximum Gasteiger partial charge on any atom is 0.324 e. The summed E-state index contributed by atoms with van der Waals surface area (Å²) in [6, 6.07) is 13.8. The number of carbonyl (C=O) groups excluding carboxylic acids is 1. The molecular formula is C24H24N2O2. The van der Waals surface area contributed by atoms with E-state index in [1.54, 1.807) is 0 Å². The summed E-state index contributed by atoms with van der Waals surface area (Å²) >= 11 is 0. The van der Waals surface area contributed by atoms with Gasteiger partial charge in [-0.05, 0) is 67.5 Å². The van der Waals surface area contributed by atoms with Crippen LogP contribution in [0.1, 0.15) is 55.1 Å². The van der Waals surface area contributed by atoms with Gasteiger partial charge in [0.1, 0.15) is 11.2 Å². The molecule has 2 bridgehead atoms. The van der Waals surface area contributed by atoms with Crippen LogP contribution < -0.4 is 4.74 Å². The lowest BCUT2D eigenvalue weighted by molar-refractivity contribution is -0.144. The van der Waals surface area contributed by atoms with Crippen molar-refractivity contribution >= 4 is 17.0 Å². The van der Waals surface area contributed by atoms with Crippen molar-refractivity contribution in [2.45, 2.75) is 51.9 Å². The molecule has 1 heterocycles. The summed E-state index contributed by atoms with van der Waals surface area (Å²) in [7, 11) is 0. The molecule has 28 heavy (non-hydrogen) atoms. The first-order valence-corrected chi connectivity index (χ1v) is 9.91. The highest BCUT2D eigenvalue weighted by Gasteiger charge is 2.69. The Balaban J connectivity index is 1.65. The van der Waals surface area contributed by atoms with Gasteiger partial charge < -0.3 is 4.74 Å². The number of nitrogens with zero attached hydrogens (tertiary/aromatic N) is 2. The highest BCUT2D eigenvalue weighted by atomic mass is 16.5. The summed E-state index contributed by atoms with van der Waals surface area (Å²) in [5, 5.41) is 0. The van der Waals surface area contributed by atoms with Crippen LogP contribution in [0, 0.1) is 19.3 Å². The first kappa shape index (κ1) is 17.4. The van der Waals surface area contributed by atoms with Crippen molar-refractivity contribution in [2.24, 2.45) is 5.41 Å². The minimum absolute atomic E-state index is 0.201. The Morgan fingerprint density at radius 2 is 1.68 bits per heavy atom. The molecule has 0 aliphatic heterocycles. The van der Waals surface area contributed by atoms with Crippen molar-refractivity contribution in [3.63, 3.8) is 0 Å². The fourth-order valence-electron chi connectivity index (χ4n) is 5.46. The molecule has 1 saturated carbocycles. The number of para-hydroxylation sites is 2. The van der Waals surface area contributed by atoms with Gasteiger partial charge >= 0.3 is 5.97 Å². The number of benzene rings is 2. The average molecular weight is 372 g/mol. The molecule has 0 saturated heterocycles. The number of aromatic nitrogens is 2. The van der Waals surface area contributed by atoms with Crippen molar-refractivity contribution in [1.29, 1.82) is 0 Å². The van der Waals surface area contributed by atoms with Crippen molar-refractivity contribution < 1.29 is 9.53 Å². The summed E-state index contributed by atoms with van der Waals surface area (Å²) in [6.45, 7) is 8.37. The molecule has 1 fully saturated rings. The lowest BCUT2D eigenvalue weighted by atomic mass is 9.68. The quantitative estimate of drug-likeness (QED) is 0.469. The van der Waals surface area contributed by atoms with Crippen LogP contribution in [0.3, 0.4) is 0 Å². The van der Waals surface area contributed by atoms with E-state index in [1.807, 2.05) is 50.2 Å². The van der Waals surface area contributed by atoms with Crippen LogP contribution in [-0.4, -0.2) is 15.9 Å². The maximum atomic E-state index is 13.6. The van der Waals surface area contributed by atoms with E-state index in [-0.39, 0.29) is 17.3 Å². The zero-order valence-electron chi connectivity index (χ0n) is 16.7. The standard InChI is InChI=1S/C24H24N2O2/c1-14-11-15(2)13-16(12-14)28-22(27)24-10-9-17(23(24,3)4)20-21(24)26-19-8-6-5-7-18(19)25-20/h5-8,11-13,17H,9-10H2,1-4H3. The van der Waals surface area contributed by atoms with E-state index >= 15 is 0 Å². The average Bonchev–Trinajstić information content (AvgIpc) is 3.01. The number of ether oxygens (including phenoxy) is 1. The highest BCUT2D eigenvalue weighted by Crippen LogP contribution is 2.67. The topological polar surface area (TPSA) is 52.1 Å². The predicted molar refractivity (Wildman–Crippen MR) is 109 cm³/mol. The second-order valence-corrected chi connectivity index (χ2v) is 8.88. The molecule has 2 unspecified atom stereocenters. The minimum atomic E-state index is -0.748. The third kappa shape index (κ3) is 2.15. The molecule has 142 valence electrons. The van der Waals surface area contributed by atoms with Crippen LogP contribution in [0.15, 0.2) is 42.5 Å². The molecule has 2 aromatic carbocycles. The fraction of sp³-hybridized carbons (Fsp3) is 0.375. The Kier molecular flexibility index (Phi) is 3.49. The van der Waals surface area contributed by atoms with Gasteiger partial charge in [-0.25, -0.2) is 9.97 Å². The molecule has 2 atom stereocenters. The Morgan fingerprint density at radius 1 is 1.04 bits per heavy atom.